The van der Waals surface area contributed by atoms with Crippen molar-refractivity contribution in [3.8, 4) is 0 Å². The number of hydrogen-bond acceptors (Lipinski definition) is 1. The molecule has 0 aliphatic heterocycles. The Labute approximate surface area is 68.3 Å². The Morgan fingerprint density at radius 1 is 1.30 bits per heavy atom. The Hall–Kier alpha value is -0.591. The van der Waals surface area contributed by atoms with Crippen molar-refractivity contribution >= 4 is 20.7 Å². The van der Waals surface area contributed by atoms with Crippen molar-refractivity contribution in [1.82, 2.24) is 0 Å². The van der Waals surface area contributed by atoms with Crippen molar-refractivity contribution in [2.75, 3.05) is 0 Å². The molecule has 1 radical (unpaired) electrons. The predicted molar refractivity (Wildman–Crippen MR) is 40.9 cm³/mol. The maximum absolute atomic E-state index is 10.6. The van der Waals surface area contributed by atoms with E-state index >= 15 is 0 Å². The molecule has 0 fully saturated rings. The van der Waals surface area contributed by atoms with Gasteiger partial charge < -0.3 is 0 Å². The zero-order valence-electron chi connectivity index (χ0n) is 5.41. The molecular formula is C8H7OSe. The first-order chi connectivity index (χ1) is 4.79. The van der Waals surface area contributed by atoms with Crippen LogP contribution in [-0.4, -0.2) is 20.7 Å². The van der Waals surface area contributed by atoms with Crippen molar-refractivity contribution in [2.45, 2.75) is 6.42 Å². The fourth-order valence-electron chi connectivity index (χ4n) is 0.763. The standard InChI is InChI=1S/C8H7OSe/c9-8(10)6-7-4-2-1-3-5-7/h1-5H,6H2. The van der Waals surface area contributed by atoms with E-state index in [-0.39, 0.29) is 4.68 Å². The van der Waals surface area contributed by atoms with Gasteiger partial charge in [-0.1, -0.05) is 0 Å². The topological polar surface area (TPSA) is 17.1 Å². The summed E-state index contributed by atoms with van der Waals surface area (Å²) in [7, 11) is 0. The van der Waals surface area contributed by atoms with Gasteiger partial charge >= 0.3 is 67.8 Å². The molecule has 0 atom stereocenters. The van der Waals surface area contributed by atoms with Gasteiger partial charge in [-0.25, -0.2) is 0 Å². The molecule has 0 bridgehead atoms. The summed E-state index contributed by atoms with van der Waals surface area (Å²) in [4.78, 5) is 10.6. The van der Waals surface area contributed by atoms with Crippen molar-refractivity contribution in [3.05, 3.63) is 35.9 Å². The van der Waals surface area contributed by atoms with E-state index in [2.05, 4.69) is 16.0 Å². The quantitative estimate of drug-likeness (QED) is 0.646. The van der Waals surface area contributed by atoms with Crippen molar-refractivity contribution < 1.29 is 4.79 Å². The second kappa shape index (κ2) is 3.55. The zero-order valence-corrected chi connectivity index (χ0v) is 7.12. The number of benzene rings is 1. The van der Waals surface area contributed by atoms with Crippen LogP contribution in [0.25, 0.3) is 0 Å². The molecule has 0 saturated heterocycles. The molecule has 0 aliphatic rings. The second-order valence-corrected chi connectivity index (χ2v) is 2.99. The summed E-state index contributed by atoms with van der Waals surface area (Å²) >= 11 is 2.45. The van der Waals surface area contributed by atoms with Gasteiger partial charge in [0.1, 0.15) is 0 Å². The monoisotopic (exact) mass is 199 g/mol. The Kier molecular flexibility index (Phi) is 2.67. The van der Waals surface area contributed by atoms with Gasteiger partial charge in [0.15, 0.2) is 0 Å². The van der Waals surface area contributed by atoms with E-state index in [1.807, 2.05) is 30.3 Å². The molecule has 0 heterocycles. The van der Waals surface area contributed by atoms with Crippen molar-refractivity contribution in [1.29, 1.82) is 0 Å². The van der Waals surface area contributed by atoms with Crippen LogP contribution in [0.1, 0.15) is 5.56 Å². The first kappa shape index (κ1) is 7.52. The van der Waals surface area contributed by atoms with Gasteiger partial charge in [-0.2, -0.15) is 0 Å². The Morgan fingerprint density at radius 3 is 2.40 bits per heavy atom. The van der Waals surface area contributed by atoms with Crippen LogP contribution >= 0.6 is 0 Å². The Balaban J connectivity index is 2.67. The number of carbonyl (C=O) groups excluding carboxylic acids is 1. The first-order valence-electron chi connectivity index (χ1n) is 3.03. The first-order valence-corrected chi connectivity index (χ1v) is 3.88. The molecule has 0 saturated carbocycles. The SMILES string of the molecule is O=C([Se])Cc1ccccc1. The van der Waals surface area contributed by atoms with E-state index in [1.165, 1.54) is 0 Å². The number of carbonyl (C=O) groups is 1. The third-order valence-electron chi connectivity index (χ3n) is 1.19. The minimum atomic E-state index is 0.0891. The van der Waals surface area contributed by atoms with Gasteiger partial charge in [-0.15, -0.1) is 0 Å². The molecule has 1 rings (SSSR count). The van der Waals surface area contributed by atoms with Gasteiger partial charge in [0, 0.05) is 0 Å². The van der Waals surface area contributed by atoms with Gasteiger partial charge in [-0.05, 0) is 0 Å². The van der Waals surface area contributed by atoms with Crippen LogP contribution in [-0.2, 0) is 11.2 Å². The third kappa shape index (κ3) is 2.34. The van der Waals surface area contributed by atoms with Crippen LogP contribution in [0.15, 0.2) is 30.3 Å². The Morgan fingerprint density at radius 2 is 1.90 bits per heavy atom. The van der Waals surface area contributed by atoms with Crippen LogP contribution in [0, 0.1) is 0 Å². The molecule has 1 aromatic carbocycles. The number of rotatable bonds is 2. The van der Waals surface area contributed by atoms with E-state index in [1.54, 1.807) is 0 Å². The molecule has 0 aromatic heterocycles. The molecule has 1 nitrogen and oxygen atoms in total. The average molecular weight is 198 g/mol. The van der Waals surface area contributed by atoms with Gasteiger partial charge in [-0.3, -0.25) is 0 Å². The van der Waals surface area contributed by atoms with E-state index in [9.17, 15) is 4.79 Å². The molecule has 0 N–H and O–H groups in total. The van der Waals surface area contributed by atoms with Crippen molar-refractivity contribution in [3.63, 3.8) is 0 Å². The summed E-state index contributed by atoms with van der Waals surface area (Å²) in [6.45, 7) is 0. The zero-order chi connectivity index (χ0) is 7.40. The summed E-state index contributed by atoms with van der Waals surface area (Å²) < 4.78 is 0.0891. The van der Waals surface area contributed by atoms with E-state index in [4.69, 9.17) is 0 Å². The minimum absolute atomic E-state index is 0.0891. The summed E-state index contributed by atoms with van der Waals surface area (Å²) in [5, 5.41) is 0. The summed E-state index contributed by atoms with van der Waals surface area (Å²) in [6.07, 6.45) is 0.501. The summed E-state index contributed by atoms with van der Waals surface area (Å²) in [5.41, 5.74) is 1.06. The summed E-state index contributed by atoms with van der Waals surface area (Å²) in [5.74, 6) is 0. The predicted octanol–water partition coefficient (Wildman–Crippen LogP) is 0.924. The Bertz CT molecular complexity index is 218. The molecule has 0 spiro atoms. The van der Waals surface area contributed by atoms with Crippen LogP contribution < -0.4 is 0 Å². The van der Waals surface area contributed by atoms with E-state index < -0.39 is 0 Å². The maximum atomic E-state index is 10.6. The van der Waals surface area contributed by atoms with E-state index in [0.717, 1.165) is 5.56 Å². The molecule has 10 heavy (non-hydrogen) atoms. The molecular weight excluding hydrogens is 191 g/mol. The molecule has 1 aromatic rings. The molecule has 51 valence electrons. The molecule has 0 unspecified atom stereocenters. The fourth-order valence-corrected chi connectivity index (χ4v) is 1.11. The number of hydrogen-bond donors (Lipinski definition) is 0. The van der Waals surface area contributed by atoms with Crippen LogP contribution in [0.5, 0.6) is 0 Å². The third-order valence-corrected chi connectivity index (χ3v) is 1.49. The van der Waals surface area contributed by atoms with Crippen LogP contribution in [0.2, 0.25) is 0 Å². The van der Waals surface area contributed by atoms with Crippen molar-refractivity contribution in [2.24, 2.45) is 0 Å². The van der Waals surface area contributed by atoms with Gasteiger partial charge in [0.25, 0.3) is 0 Å². The van der Waals surface area contributed by atoms with Crippen LogP contribution in [0.4, 0.5) is 0 Å². The molecule has 2 heteroatoms. The van der Waals surface area contributed by atoms with E-state index in [0.29, 0.717) is 6.42 Å². The van der Waals surface area contributed by atoms with Gasteiger partial charge in [0.05, 0.1) is 0 Å². The summed E-state index contributed by atoms with van der Waals surface area (Å²) in [6, 6.07) is 9.67. The average Bonchev–Trinajstić information content (AvgIpc) is 1.88. The second-order valence-electron chi connectivity index (χ2n) is 2.03. The van der Waals surface area contributed by atoms with Gasteiger partial charge in [0.2, 0.25) is 0 Å². The molecule has 0 aliphatic carbocycles. The normalized spacial score (nSPS) is 9.20. The fraction of sp³-hybridized carbons (Fsp3) is 0.125. The molecule has 0 amide bonds. The van der Waals surface area contributed by atoms with Crippen LogP contribution in [0.3, 0.4) is 0 Å².